The van der Waals surface area contributed by atoms with Crippen LogP contribution in [0.2, 0.25) is 0 Å². The number of anilines is 8. The van der Waals surface area contributed by atoms with Crippen molar-refractivity contribution in [2.75, 3.05) is 21.7 Å². The highest BCUT2D eigenvalue weighted by Gasteiger charge is 2.37. The standard InChI is InChI=1S/C78H60N4/c1-77(2)67-25-15-13-22-59(67)61-40-32-51(44-69(61)77)49-28-34-55(35-29-49)81(53-18-9-7-10-19-53)57-38-42-63-66-48-74-75(65-24-17-27-71(76(65)66)79(5)72(63)46-57)64-43-39-58(47-73(64)80(74)6)82(54-20-11-8-12-21-54)56-36-30-50(31-37-56)52-33-41-62-60-23-14-16-26-68(60)78(3,4)70(62)45-52/h7-48H,1-6H3. The summed E-state index contributed by atoms with van der Waals surface area (Å²) in [7, 11) is 4.47. The first kappa shape index (κ1) is 48.0. The van der Waals surface area contributed by atoms with E-state index in [9.17, 15) is 0 Å². The highest BCUT2D eigenvalue weighted by molar-refractivity contribution is 6.28. The minimum atomic E-state index is -0.0548. The minimum absolute atomic E-state index is 0.0538. The van der Waals surface area contributed by atoms with Gasteiger partial charge in [0.15, 0.2) is 0 Å². The van der Waals surface area contributed by atoms with Crippen LogP contribution in [0.3, 0.4) is 0 Å². The molecule has 392 valence electrons. The van der Waals surface area contributed by atoms with Crippen LogP contribution in [-0.4, -0.2) is 11.6 Å². The molecule has 2 heterocycles. The maximum atomic E-state index is 2.45. The Labute approximate surface area is 480 Å². The van der Waals surface area contributed by atoms with Gasteiger partial charge in [-0.1, -0.05) is 185 Å². The third-order valence-electron chi connectivity index (χ3n) is 18.7. The van der Waals surface area contributed by atoms with E-state index in [1.807, 2.05) is 0 Å². The fraction of sp³-hybridized carbons (Fsp3) is 0.103. The van der Waals surface area contributed by atoms with Crippen LogP contribution in [0.4, 0.5) is 45.5 Å². The van der Waals surface area contributed by atoms with Crippen LogP contribution in [0.5, 0.6) is 0 Å². The Kier molecular flexibility index (Phi) is 10.4. The van der Waals surface area contributed by atoms with E-state index >= 15 is 0 Å². The van der Waals surface area contributed by atoms with Crippen LogP contribution in [0.15, 0.2) is 255 Å². The first-order chi connectivity index (χ1) is 40.0. The Balaban J connectivity index is 0.761. The van der Waals surface area contributed by atoms with Crippen molar-refractivity contribution in [3.63, 3.8) is 0 Å². The van der Waals surface area contributed by atoms with Crippen molar-refractivity contribution >= 4 is 78.1 Å². The van der Waals surface area contributed by atoms with E-state index in [0.29, 0.717) is 0 Å². The molecule has 0 unspecified atom stereocenters. The molecule has 0 spiro atoms. The molecule has 4 nitrogen and oxygen atoms in total. The van der Waals surface area contributed by atoms with Gasteiger partial charge < -0.3 is 19.3 Å². The molecule has 0 saturated heterocycles. The fourth-order valence-corrected chi connectivity index (χ4v) is 14.5. The first-order valence-corrected chi connectivity index (χ1v) is 28.8. The Bertz CT molecular complexity index is 4760. The first-order valence-electron chi connectivity index (χ1n) is 28.8. The predicted molar refractivity (Wildman–Crippen MR) is 347 cm³/mol. The lowest BCUT2D eigenvalue weighted by Crippen LogP contribution is -2.16. The summed E-state index contributed by atoms with van der Waals surface area (Å²) in [6.07, 6.45) is 0. The summed E-state index contributed by atoms with van der Waals surface area (Å²) in [6, 6.07) is 95.0. The number of aromatic nitrogens is 1. The molecule has 1 aromatic heterocycles. The van der Waals surface area contributed by atoms with Gasteiger partial charge >= 0.3 is 0 Å². The summed E-state index contributed by atoms with van der Waals surface area (Å²) in [4.78, 5) is 7.18. The molecular formula is C78H60N4. The molecule has 3 aliphatic rings. The number of hydrogen-bond donors (Lipinski definition) is 0. The highest BCUT2D eigenvalue weighted by atomic mass is 15.2. The van der Waals surface area contributed by atoms with E-state index in [-0.39, 0.29) is 10.8 Å². The van der Waals surface area contributed by atoms with Crippen molar-refractivity contribution in [2.45, 2.75) is 38.5 Å². The smallest absolute Gasteiger partial charge is 0.0510 e. The monoisotopic (exact) mass is 1050 g/mol. The Morgan fingerprint density at radius 2 is 0.732 bits per heavy atom. The van der Waals surface area contributed by atoms with Gasteiger partial charge in [0.1, 0.15) is 0 Å². The van der Waals surface area contributed by atoms with Crippen molar-refractivity contribution < 1.29 is 0 Å². The number of benzene rings is 12. The topological polar surface area (TPSA) is 14.7 Å². The number of nitrogens with zero attached hydrogens (tertiary/aromatic N) is 4. The molecule has 16 rings (SSSR count). The van der Waals surface area contributed by atoms with Gasteiger partial charge in [0, 0.05) is 86.5 Å². The van der Waals surface area contributed by atoms with Gasteiger partial charge in [0.25, 0.3) is 0 Å². The third-order valence-corrected chi connectivity index (χ3v) is 18.7. The quantitative estimate of drug-likeness (QED) is 0.151. The molecule has 1 aliphatic heterocycles. The number of aryl methyl sites for hydroxylation is 1. The second-order valence-electron chi connectivity index (χ2n) is 23.8. The summed E-state index contributed by atoms with van der Waals surface area (Å²) >= 11 is 0. The lowest BCUT2D eigenvalue weighted by Gasteiger charge is -2.33. The molecule has 4 heteroatoms. The number of para-hydroxylation sites is 2. The molecule has 0 bridgehead atoms. The van der Waals surface area contributed by atoms with Gasteiger partial charge in [-0.15, -0.1) is 0 Å². The molecule has 2 aliphatic carbocycles. The summed E-state index contributed by atoms with van der Waals surface area (Å²) in [6.45, 7) is 9.42. The molecule has 0 fully saturated rings. The maximum Gasteiger partial charge on any atom is 0.0510 e. The Morgan fingerprint density at radius 1 is 0.280 bits per heavy atom. The minimum Gasteiger partial charge on any atom is -0.344 e. The molecule has 0 atom stereocenters. The molecular weight excluding hydrogens is 993 g/mol. The van der Waals surface area contributed by atoms with E-state index in [1.165, 1.54) is 122 Å². The number of hydrogen-bond acceptors (Lipinski definition) is 3. The van der Waals surface area contributed by atoms with Crippen molar-refractivity contribution in [3.05, 3.63) is 277 Å². The van der Waals surface area contributed by atoms with Crippen LogP contribution in [-0.2, 0) is 17.9 Å². The van der Waals surface area contributed by atoms with Gasteiger partial charge in [-0.05, 0) is 175 Å². The van der Waals surface area contributed by atoms with Crippen LogP contribution < -0.4 is 14.7 Å². The zero-order valence-electron chi connectivity index (χ0n) is 47.0. The van der Waals surface area contributed by atoms with Gasteiger partial charge in [0.2, 0.25) is 0 Å². The largest absolute Gasteiger partial charge is 0.344 e. The third kappa shape index (κ3) is 7.04. The second kappa shape index (κ2) is 17.8. The maximum absolute atomic E-state index is 2.45. The molecule has 0 radical (unpaired) electrons. The molecule has 12 aromatic carbocycles. The average molecular weight is 1050 g/mol. The number of rotatable bonds is 8. The Morgan fingerprint density at radius 3 is 1.29 bits per heavy atom. The zero-order chi connectivity index (χ0) is 55.2. The van der Waals surface area contributed by atoms with Gasteiger partial charge in [-0.25, -0.2) is 0 Å². The average Bonchev–Trinajstić information content (AvgIpc) is 3.05. The lowest BCUT2D eigenvalue weighted by atomic mass is 9.81. The normalized spacial score (nSPS) is 13.9. The van der Waals surface area contributed by atoms with Crippen LogP contribution in [0.25, 0.3) is 88.2 Å². The molecule has 82 heavy (non-hydrogen) atoms. The van der Waals surface area contributed by atoms with Crippen molar-refractivity contribution in [2.24, 2.45) is 7.05 Å². The molecule has 13 aromatic rings. The van der Waals surface area contributed by atoms with Crippen molar-refractivity contribution in [1.29, 1.82) is 0 Å². The van der Waals surface area contributed by atoms with Gasteiger partial charge in [-0.2, -0.15) is 0 Å². The summed E-state index contributed by atoms with van der Waals surface area (Å²) in [5, 5.41) is 5.07. The van der Waals surface area contributed by atoms with Gasteiger partial charge in [-0.3, -0.25) is 0 Å². The Hall–Kier alpha value is -9.90. The predicted octanol–water partition coefficient (Wildman–Crippen LogP) is 21.1. The van der Waals surface area contributed by atoms with E-state index in [0.717, 1.165) is 34.1 Å². The summed E-state index contributed by atoms with van der Waals surface area (Å²) in [5.41, 5.74) is 29.6. The highest BCUT2D eigenvalue weighted by Crippen LogP contribution is 2.54. The van der Waals surface area contributed by atoms with E-state index in [1.54, 1.807) is 0 Å². The van der Waals surface area contributed by atoms with E-state index in [2.05, 4.69) is 316 Å². The van der Waals surface area contributed by atoms with Crippen molar-refractivity contribution in [1.82, 2.24) is 4.57 Å². The molecule has 0 amide bonds. The zero-order valence-corrected chi connectivity index (χ0v) is 47.0. The van der Waals surface area contributed by atoms with Crippen molar-refractivity contribution in [3.8, 4) is 55.6 Å². The molecule has 0 saturated carbocycles. The van der Waals surface area contributed by atoms with Crippen LogP contribution in [0, 0.1) is 0 Å². The lowest BCUT2D eigenvalue weighted by molar-refractivity contribution is 0.660. The van der Waals surface area contributed by atoms with E-state index < -0.39 is 0 Å². The van der Waals surface area contributed by atoms with Crippen LogP contribution in [0.1, 0.15) is 49.9 Å². The number of fused-ring (bicyclic) bond motifs is 12. The molecule has 0 N–H and O–H groups in total. The van der Waals surface area contributed by atoms with Gasteiger partial charge in [0.05, 0.1) is 16.7 Å². The summed E-state index contributed by atoms with van der Waals surface area (Å²) in [5.74, 6) is 0. The van der Waals surface area contributed by atoms with Crippen LogP contribution >= 0.6 is 0 Å². The SMILES string of the molecule is CN1c2cc(N(c3ccccc3)c3ccc(-c4ccc5c(c4)C(C)(C)c4ccccc4-5)cc3)ccc2-c2cc3c(c4cccc1c24)c1ccc(N(c2ccccc2)c2ccc(-c4ccc5c(c4)C(C)(C)c4ccccc4-5)cc2)cc1n3C. The summed E-state index contributed by atoms with van der Waals surface area (Å²) < 4.78 is 2.41. The fourth-order valence-electron chi connectivity index (χ4n) is 14.5. The van der Waals surface area contributed by atoms with E-state index in [4.69, 9.17) is 0 Å². The second-order valence-corrected chi connectivity index (χ2v) is 23.8.